The Morgan fingerprint density at radius 2 is 2.17 bits per heavy atom. The van der Waals surface area contributed by atoms with E-state index in [-0.39, 0.29) is 17.9 Å². The van der Waals surface area contributed by atoms with Crippen LogP contribution in [0.25, 0.3) is 0 Å². The summed E-state index contributed by atoms with van der Waals surface area (Å²) in [4.78, 5) is 15.4. The molecule has 4 nitrogen and oxygen atoms in total. The van der Waals surface area contributed by atoms with E-state index >= 15 is 0 Å². The topological polar surface area (TPSA) is 53.4 Å². The maximum absolute atomic E-state index is 12.4. The van der Waals surface area contributed by atoms with E-state index < -0.39 is 18.7 Å². The summed E-state index contributed by atoms with van der Waals surface area (Å²) in [6.07, 6.45) is -2.61. The molecule has 0 bridgehead atoms. The third-order valence-corrected chi connectivity index (χ3v) is 2.19. The van der Waals surface area contributed by atoms with Gasteiger partial charge in [0.2, 0.25) is 0 Å². The number of hydrogen-bond donors (Lipinski definition) is 1. The van der Waals surface area contributed by atoms with Crippen molar-refractivity contribution in [2.45, 2.75) is 19.5 Å². The lowest BCUT2D eigenvalue weighted by Gasteiger charge is -2.25. The number of alkyl halides is 3. The maximum Gasteiger partial charge on any atom is 0.405 e. The molecule has 1 N–H and O–H groups in total. The molecule has 1 rings (SSSR count). The molecule has 0 aliphatic heterocycles. The number of carboxylic acids is 1. The van der Waals surface area contributed by atoms with Crippen LogP contribution in [0.1, 0.15) is 23.8 Å². The van der Waals surface area contributed by atoms with Crippen molar-refractivity contribution in [2.24, 2.45) is 0 Å². The third kappa shape index (κ3) is 4.23. The van der Waals surface area contributed by atoms with Crippen LogP contribution in [0.3, 0.4) is 0 Å². The van der Waals surface area contributed by atoms with E-state index in [2.05, 4.69) is 4.98 Å². The van der Waals surface area contributed by atoms with Gasteiger partial charge >= 0.3 is 12.1 Å². The monoisotopic (exact) mass is 262 g/mol. The molecule has 1 aromatic rings. The second kappa shape index (κ2) is 5.70. The van der Waals surface area contributed by atoms with Crippen LogP contribution in [0.5, 0.6) is 0 Å². The number of pyridine rings is 1. The number of aromatic carboxylic acids is 1. The molecule has 18 heavy (non-hydrogen) atoms. The molecule has 0 saturated carbocycles. The highest BCUT2D eigenvalue weighted by molar-refractivity contribution is 5.86. The van der Waals surface area contributed by atoms with Gasteiger partial charge in [0.05, 0.1) is 0 Å². The summed E-state index contributed by atoms with van der Waals surface area (Å²) in [5.41, 5.74) is -0.0580. The van der Waals surface area contributed by atoms with Crippen molar-refractivity contribution in [1.29, 1.82) is 0 Å². The van der Waals surface area contributed by atoms with E-state index in [0.717, 1.165) is 11.0 Å². The lowest BCUT2D eigenvalue weighted by molar-refractivity contribution is -0.119. The van der Waals surface area contributed by atoms with Gasteiger partial charge in [-0.05, 0) is 18.6 Å². The molecular formula is C11H13F3N2O2. The molecular weight excluding hydrogens is 249 g/mol. The van der Waals surface area contributed by atoms with Gasteiger partial charge < -0.3 is 10.0 Å². The molecule has 0 atom stereocenters. The first kappa shape index (κ1) is 14.3. The van der Waals surface area contributed by atoms with Crippen LogP contribution in [0.4, 0.5) is 18.9 Å². The fourth-order valence-electron chi connectivity index (χ4n) is 1.52. The van der Waals surface area contributed by atoms with Crippen LogP contribution in [0, 0.1) is 0 Å². The van der Waals surface area contributed by atoms with Crippen LogP contribution < -0.4 is 4.90 Å². The number of hydrogen-bond acceptors (Lipinski definition) is 3. The van der Waals surface area contributed by atoms with Crippen LogP contribution >= 0.6 is 0 Å². The van der Waals surface area contributed by atoms with Gasteiger partial charge in [-0.15, -0.1) is 0 Å². The Balaban J connectivity index is 2.98. The number of rotatable bonds is 5. The SMILES string of the molecule is CCCN(CC(F)(F)F)c1ccnc(C(=O)O)c1. The second-order valence-electron chi connectivity index (χ2n) is 3.74. The minimum absolute atomic E-state index is 0.197. The zero-order chi connectivity index (χ0) is 13.8. The van der Waals surface area contributed by atoms with E-state index in [9.17, 15) is 18.0 Å². The Labute approximate surface area is 102 Å². The van der Waals surface area contributed by atoms with E-state index in [1.54, 1.807) is 6.92 Å². The van der Waals surface area contributed by atoms with Crippen molar-refractivity contribution in [1.82, 2.24) is 4.98 Å². The molecule has 0 aliphatic carbocycles. The summed E-state index contributed by atoms with van der Waals surface area (Å²) in [6, 6.07) is 2.51. The molecule has 0 spiro atoms. The number of aromatic nitrogens is 1. The van der Waals surface area contributed by atoms with Crippen molar-refractivity contribution in [2.75, 3.05) is 18.0 Å². The highest BCUT2D eigenvalue weighted by atomic mass is 19.4. The van der Waals surface area contributed by atoms with Crippen molar-refractivity contribution in [3.8, 4) is 0 Å². The van der Waals surface area contributed by atoms with E-state index in [0.29, 0.717) is 6.42 Å². The van der Waals surface area contributed by atoms with Crippen molar-refractivity contribution in [3.63, 3.8) is 0 Å². The molecule has 0 fully saturated rings. The number of carbonyl (C=O) groups is 1. The molecule has 0 unspecified atom stereocenters. The summed E-state index contributed by atoms with van der Waals surface area (Å²) >= 11 is 0. The summed E-state index contributed by atoms with van der Waals surface area (Å²) in [7, 11) is 0. The van der Waals surface area contributed by atoms with Gasteiger partial charge in [0.15, 0.2) is 0 Å². The first-order valence-corrected chi connectivity index (χ1v) is 5.34. The molecule has 1 heterocycles. The Kier molecular flexibility index (Phi) is 4.52. The summed E-state index contributed by atoms with van der Waals surface area (Å²) in [5.74, 6) is -1.26. The molecule has 7 heteroatoms. The molecule has 0 saturated heterocycles. The Morgan fingerprint density at radius 3 is 2.67 bits per heavy atom. The number of anilines is 1. The molecule has 0 radical (unpaired) electrons. The van der Waals surface area contributed by atoms with Crippen LogP contribution in [0.15, 0.2) is 18.3 Å². The number of carboxylic acid groups (broad SMARTS) is 1. The zero-order valence-electron chi connectivity index (χ0n) is 9.74. The average Bonchev–Trinajstić information content (AvgIpc) is 2.27. The Bertz CT molecular complexity index is 421. The first-order chi connectivity index (χ1) is 8.33. The third-order valence-electron chi connectivity index (χ3n) is 2.19. The van der Waals surface area contributed by atoms with Gasteiger partial charge in [-0.2, -0.15) is 13.2 Å². The molecule has 0 aromatic carbocycles. The highest BCUT2D eigenvalue weighted by Gasteiger charge is 2.30. The van der Waals surface area contributed by atoms with Gasteiger partial charge in [0.25, 0.3) is 0 Å². The summed E-state index contributed by atoms with van der Waals surface area (Å²) in [6.45, 7) is 0.842. The summed E-state index contributed by atoms with van der Waals surface area (Å²) in [5, 5.41) is 8.75. The minimum Gasteiger partial charge on any atom is -0.477 e. The number of nitrogens with zero attached hydrogens (tertiary/aromatic N) is 2. The quantitative estimate of drug-likeness (QED) is 0.886. The average molecular weight is 262 g/mol. The Morgan fingerprint density at radius 1 is 1.50 bits per heavy atom. The fraction of sp³-hybridized carbons (Fsp3) is 0.455. The summed E-state index contributed by atoms with van der Waals surface area (Å²) < 4.78 is 37.2. The standard InChI is InChI=1S/C11H13F3N2O2/c1-2-5-16(7-11(12,13)14)8-3-4-15-9(6-8)10(17)18/h3-4,6H,2,5,7H2,1H3,(H,17,18). The van der Waals surface area contributed by atoms with Gasteiger partial charge in [-0.1, -0.05) is 6.92 Å². The largest absolute Gasteiger partial charge is 0.477 e. The molecule has 0 aliphatic rings. The zero-order valence-corrected chi connectivity index (χ0v) is 9.74. The minimum atomic E-state index is -4.33. The normalized spacial score (nSPS) is 11.3. The van der Waals surface area contributed by atoms with Gasteiger partial charge in [0, 0.05) is 18.4 Å². The lowest BCUT2D eigenvalue weighted by atomic mass is 10.2. The van der Waals surface area contributed by atoms with E-state index in [1.807, 2.05) is 0 Å². The Hall–Kier alpha value is -1.79. The van der Waals surface area contributed by atoms with Crippen molar-refractivity contribution < 1.29 is 23.1 Å². The van der Waals surface area contributed by atoms with Crippen LogP contribution in [0.2, 0.25) is 0 Å². The smallest absolute Gasteiger partial charge is 0.405 e. The van der Waals surface area contributed by atoms with E-state index in [1.165, 1.54) is 12.3 Å². The fourth-order valence-corrected chi connectivity index (χ4v) is 1.52. The first-order valence-electron chi connectivity index (χ1n) is 5.34. The lowest BCUT2D eigenvalue weighted by Crippen LogP contribution is -2.35. The van der Waals surface area contributed by atoms with Gasteiger partial charge in [-0.25, -0.2) is 9.78 Å². The maximum atomic E-state index is 12.4. The van der Waals surface area contributed by atoms with Gasteiger partial charge in [-0.3, -0.25) is 0 Å². The van der Waals surface area contributed by atoms with Crippen molar-refractivity contribution >= 4 is 11.7 Å². The van der Waals surface area contributed by atoms with Gasteiger partial charge in [0.1, 0.15) is 12.2 Å². The van der Waals surface area contributed by atoms with Crippen molar-refractivity contribution in [3.05, 3.63) is 24.0 Å². The second-order valence-corrected chi connectivity index (χ2v) is 3.74. The molecule has 0 amide bonds. The molecule has 100 valence electrons. The number of halogens is 3. The highest BCUT2D eigenvalue weighted by Crippen LogP contribution is 2.22. The van der Waals surface area contributed by atoms with E-state index in [4.69, 9.17) is 5.11 Å². The van der Waals surface area contributed by atoms with Crippen LogP contribution in [-0.4, -0.2) is 35.3 Å². The predicted molar refractivity (Wildman–Crippen MR) is 59.8 cm³/mol. The predicted octanol–water partition coefficient (Wildman–Crippen LogP) is 2.56. The van der Waals surface area contributed by atoms with Crippen LogP contribution in [-0.2, 0) is 0 Å². The molecule has 1 aromatic heterocycles.